The number of amides is 1. The summed E-state index contributed by atoms with van der Waals surface area (Å²) < 4.78 is 9.76. The topological polar surface area (TPSA) is 85.5 Å². The van der Waals surface area contributed by atoms with E-state index in [0.29, 0.717) is 27.4 Å². The number of aryl methyl sites for hydroxylation is 1. The molecule has 2 heterocycles. The molecule has 0 aliphatic rings. The maximum Gasteiger partial charge on any atom is 0.325 e. The number of benzene rings is 1. The van der Waals surface area contributed by atoms with Crippen LogP contribution in [0.2, 0.25) is 5.02 Å². The Hall–Kier alpha value is -2.93. The van der Waals surface area contributed by atoms with E-state index < -0.39 is 5.97 Å². The number of ether oxygens (including phenoxy) is 1. The number of esters is 1. The van der Waals surface area contributed by atoms with Crippen LogP contribution in [0.15, 0.2) is 41.1 Å². The van der Waals surface area contributed by atoms with E-state index in [0.717, 1.165) is 5.56 Å². The lowest BCUT2D eigenvalue weighted by Gasteiger charge is -2.22. The molecule has 2 aromatic heterocycles. The van der Waals surface area contributed by atoms with Crippen molar-refractivity contribution >= 4 is 34.6 Å². The molecule has 0 bridgehead atoms. The monoisotopic (exact) mass is 373 g/mol. The van der Waals surface area contributed by atoms with Crippen molar-refractivity contribution in [2.75, 3.05) is 13.7 Å². The summed E-state index contributed by atoms with van der Waals surface area (Å²) in [6.07, 6.45) is 1.40. The van der Waals surface area contributed by atoms with Gasteiger partial charge >= 0.3 is 5.97 Å². The van der Waals surface area contributed by atoms with Crippen LogP contribution in [0.4, 0.5) is 0 Å². The van der Waals surface area contributed by atoms with Crippen LogP contribution in [0.1, 0.15) is 21.6 Å². The van der Waals surface area contributed by atoms with Crippen LogP contribution < -0.4 is 0 Å². The number of nitrogens with zero attached hydrogens (tertiary/aromatic N) is 3. The van der Waals surface area contributed by atoms with Crippen molar-refractivity contribution in [1.29, 1.82) is 0 Å². The van der Waals surface area contributed by atoms with Gasteiger partial charge in [-0.05, 0) is 24.6 Å². The van der Waals surface area contributed by atoms with E-state index in [1.807, 2.05) is 6.07 Å². The number of methoxy groups -OCH3 is 1. The van der Waals surface area contributed by atoms with Gasteiger partial charge in [-0.3, -0.25) is 9.59 Å². The van der Waals surface area contributed by atoms with E-state index in [-0.39, 0.29) is 19.0 Å². The highest BCUT2D eigenvalue weighted by Gasteiger charge is 2.22. The molecule has 0 aliphatic heterocycles. The first-order valence-electron chi connectivity index (χ1n) is 7.81. The molecule has 0 unspecified atom stereocenters. The number of aromatic nitrogens is 2. The van der Waals surface area contributed by atoms with Gasteiger partial charge in [0.25, 0.3) is 11.6 Å². The first-order chi connectivity index (χ1) is 12.5. The molecule has 0 saturated carbocycles. The molecule has 0 aliphatic carbocycles. The van der Waals surface area contributed by atoms with E-state index in [2.05, 4.69) is 10.1 Å². The quantitative estimate of drug-likeness (QED) is 0.639. The maximum atomic E-state index is 13.0. The highest BCUT2D eigenvalue weighted by molar-refractivity contribution is 6.31. The van der Waals surface area contributed by atoms with Crippen molar-refractivity contribution < 1.29 is 18.8 Å². The fourth-order valence-electron chi connectivity index (χ4n) is 2.50. The van der Waals surface area contributed by atoms with Gasteiger partial charge in [0.2, 0.25) is 0 Å². The molecule has 3 aromatic rings. The highest BCUT2D eigenvalue weighted by atomic mass is 35.5. The largest absolute Gasteiger partial charge is 0.468 e. The third-order valence-electron chi connectivity index (χ3n) is 3.91. The maximum absolute atomic E-state index is 13.0. The third kappa shape index (κ3) is 3.67. The first-order valence-corrected chi connectivity index (χ1v) is 8.19. The number of rotatable bonds is 5. The molecule has 0 fully saturated rings. The van der Waals surface area contributed by atoms with Gasteiger partial charge in [0, 0.05) is 17.8 Å². The predicted octanol–water partition coefficient (Wildman–Crippen LogP) is 3.00. The molecule has 0 radical (unpaired) electrons. The second-order valence-electron chi connectivity index (χ2n) is 5.67. The Kier molecular flexibility index (Phi) is 5.18. The molecular formula is C18H16ClN3O4. The molecule has 7 nitrogen and oxygen atoms in total. The lowest BCUT2D eigenvalue weighted by molar-refractivity contribution is -0.141. The van der Waals surface area contributed by atoms with Crippen LogP contribution in [-0.2, 0) is 16.1 Å². The highest BCUT2D eigenvalue weighted by Crippen LogP contribution is 2.21. The fraction of sp³-hybridized carbons (Fsp3) is 0.222. The Morgan fingerprint density at radius 2 is 2.08 bits per heavy atom. The van der Waals surface area contributed by atoms with Gasteiger partial charge in [-0.25, -0.2) is 4.98 Å². The number of pyridine rings is 1. The van der Waals surface area contributed by atoms with Crippen LogP contribution in [0.25, 0.3) is 11.1 Å². The normalized spacial score (nSPS) is 10.7. The van der Waals surface area contributed by atoms with Crippen molar-refractivity contribution in [3.8, 4) is 0 Å². The van der Waals surface area contributed by atoms with E-state index in [1.165, 1.54) is 18.2 Å². The summed E-state index contributed by atoms with van der Waals surface area (Å²) in [5.41, 5.74) is 2.03. The summed E-state index contributed by atoms with van der Waals surface area (Å²) in [5, 5.41) is 4.99. The molecule has 0 saturated heterocycles. The molecule has 0 atom stereocenters. The van der Waals surface area contributed by atoms with Crippen molar-refractivity contribution in [3.63, 3.8) is 0 Å². The SMILES string of the molecule is COC(=O)CN(Cc1ccccc1Cl)C(=O)c1cnc2onc(C)c2c1. The molecule has 0 N–H and O–H groups in total. The Balaban J connectivity index is 1.93. The lowest BCUT2D eigenvalue weighted by Crippen LogP contribution is -2.35. The molecule has 3 rings (SSSR count). The van der Waals surface area contributed by atoms with Crippen LogP contribution in [0.5, 0.6) is 0 Å². The summed E-state index contributed by atoms with van der Waals surface area (Å²) in [6, 6.07) is 8.78. The van der Waals surface area contributed by atoms with E-state index in [9.17, 15) is 9.59 Å². The first kappa shape index (κ1) is 17.9. The van der Waals surface area contributed by atoms with E-state index in [4.69, 9.17) is 20.9 Å². The van der Waals surface area contributed by atoms with Crippen LogP contribution in [0, 0.1) is 6.92 Å². The molecule has 1 aromatic carbocycles. The van der Waals surface area contributed by atoms with Gasteiger partial charge in [0.1, 0.15) is 6.54 Å². The van der Waals surface area contributed by atoms with Gasteiger partial charge in [0.05, 0.1) is 23.8 Å². The number of hydrogen-bond acceptors (Lipinski definition) is 6. The second kappa shape index (κ2) is 7.53. The Morgan fingerprint density at radius 1 is 1.31 bits per heavy atom. The van der Waals surface area contributed by atoms with Crippen molar-refractivity contribution in [1.82, 2.24) is 15.0 Å². The number of carbonyl (C=O) groups excluding carboxylic acids is 2. The van der Waals surface area contributed by atoms with Gasteiger partial charge in [-0.2, -0.15) is 0 Å². The molecule has 0 spiro atoms. The van der Waals surface area contributed by atoms with Gasteiger partial charge < -0.3 is 14.2 Å². The lowest BCUT2D eigenvalue weighted by atomic mass is 10.1. The van der Waals surface area contributed by atoms with Crippen LogP contribution in [-0.4, -0.2) is 40.6 Å². The zero-order valence-corrected chi connectivity index (χ0v) is 15.0. The van der Waals surface area contributed by atoms with E-state index >= 15 is 0 Å². The summed E-state index contributed by atoms with van der Waals surface area (Å²) >= 11 is 6.19. The van der Waals surface area contributed by atoms with Crippen molar-refractivity contribution in [2.24, 2.45) is 0 Å². The Labute approximate surface area is 154 Å². The standard InChI is InChI=1S/C18H16ClN3O4/c1-11-14-7-13(8-20-17(14)26-21-11)18(24)22(10-16(23)25-2)9-12-5-3-4-6-15(12)19/h3-8H,9-10H2,1-2H3. The second-order valence-corrected chi connectivity index (χ2v) is 6.08. The number of carbonyl (C=O) groups is 2. The van der Waals surface area contributed by atoms with Gasteiger partial charge in [-0.15, -0.1) is 0 Å². The summed E-state index contributed by atoms with van der Waals surface area (Å²) in [4.78, 5) is 30.2. The molecule has 134 valence electrons. The minimum absolute atomic E-state index is 0.161. The average Bonchev–Trinajstić information content (AvgIpc) is 3.02. The number of hydrogen-bond donors (Lipinski definition) is 0. The molecule has 1 amide bonds. The summed E-state index contributed by atoms with van der Waals surface area (Å²) in [5.74, 6) is -0.897. The Morgan fingerprint density at radius 3 is 2.81 bits per heavy atom. The van der Waals surface area contributed by atoms with Gasteiger partial charge in [0.15, 0.2) is 0 Å². The van der Waals surface area contributed by atoms with Crippen molar-refractivity contribution in [3.05, 3.63) is 58.4 Å². The minimum Gasteiger partial charge on any atom is -0.468 e. The molecular weight excluding hydrogens is 358 g/mol. The number of fused-ring (bicyclic) bond motifs is 1. The zero-order valence-electron chi connectivity index (χ0n) is 14.2. The molecule has 8 heteroatoms. The van der Waals surface area contributed by atoms with Crippen LogP contribution >= 0.6 is 11.6 Å². The average molecular weight is 374 g/mol. The van der Waals surface area contributed by atoms with Crippen LogP contribution in [0.3, 0.4) is 0 Å². The van der Waals surface area contributed by atoms with E-state index in [1.54, 1.807) is 31.2 Å². The smallest absolute Gasteiger partial charge is 0.325 e. The predicted molar refractivity (Wildman–Crippen MR) is 94.7 cm³/mol. The minimum atomic E-state index is -0.527. The Bertz CT molecular complexity index is 970. The number of halogens is 1. The van der Waals surface area contributed by atoms with Gasteiger partial charge in [-0.1, -0.05) is 35.0 Å². The zero-order chi connectivity index (χ0) is 18.7. The third-order valence-corrected chi connectivity index (χ3v) is 4.28. The summed E-state index contributed by atoms with van der Waals surface area (Å²) in [6.45, 7) is 1.72. The van der Waals surface area contributed by atoms with Crippen molar-refractivity contribution in [2.45, 2.75) is 13.5 Å². The fourth-order valence-corrected chi connectivity index (χ4v) is 2.69. The molecule has 26 heavy (non-hydrogen) atoms. The summed E-state index contributed by atoms with van der Waals surface area (Å²) in [7, 11) is 1.27.